The maximum absolute atomic E-state index is 2.48. The summed E-state index contributed by atoms with van der Waals surface area (Å²) < 4.78 is 2.60. The Morgan fingerprint density at radius 1 is 0.320 bits per heavy atom. The van der Waals surface area contributed by atoms with Crippen LogP contribution in [-0.4, -0.2) is 0 Å². The molecule has 1 heterocycles. The number of rotatable bonds is 5. The zero-order chi connectivity index (χ0) is 33.0. The van der Waals surface area contributed by atoms with Crippen molar-refractivity contribution in [1.29, 1.82) is 0 Å². The van der Waals surface area contributed by atoms with Crippen LogP contribution < -0.4 is 4.90 Å². The van der Waals surface area contributed by atoms with Gasteiger partial charge in [0.25, 0.3) is 0 Å². The Kier molecular flexibility index (Phi) is 6.75. The fourth-order valence-electron chi connectivity index (χ4n) is 7.69. The van der Waals surface area contributed by atoms with Crippen LogP contribution in [0.4, 0.5) is 17.1 Å². The Bertz CT molecular complexity index is 2750. The minimum Gasteiger partial charge on any atom is -0.309 e. The molecular weight excluding hydrogens is 623 g/mol. The first-order chi connectivity index (χ1) is 24.8. The molecule has 0 N–H and O–H groups in total. The van der Waals surface area contributed by atoms with Crippen molar-refractivity contribution in [3.05, 3.63) is 188 Å². The molecule has 0 bridgehead atoms. The number of fused-ring (bicyclic) bond motifs is 6. The molecule has 0 fully saturated rings. The van der Waals surface area contributed by atoms with Crippen LogP contribution in [0.15, 0.2) is 188 Å². The lowest BCUT2D eigenvalue weighted by Gasteiger charge is -2.29. The molecule has 2 heteroatoms. The third-order valence-corrected chi connectivity index (χ3v) is 11.2. The number of nitrogens with zero attached hydrogens (tertiary/aromatic N) is 1. The van der Waals surface area contributed by atoms with Gasteiger partial charge in [-0.25, -0.2) is 0 Å². The summed E-state index contributed by atoms with van der Waals surface area (Å²) in [6, 6.07) is 68.8. The van der Waals surface area contributed by atoms with Crippen molar-refractivity contribution >= 4 is 80.9 Å². The normalized spacial score (nSPS) is 11.6. The summed E-state index contributed by atoms with van der Waals surface area (Å²) in [5.41, 5.74) is 8.37. The quantitative estimate of drug-likeness (QED) is 0.179. The van der Waals surface area contributed by atoms with E-state index in [1.807, 2.05) is 11.3 Å². The van der Waals surface area contributed by atoms with E-state index in [0.29, 0.717) is 0 Å². The van der Waals surface area contributed by atoms with Gasteiger partial charge in [0.15, 0.2) is 0 Å². The Morgan fingerprint density at radius 3 is 1.38 bits per heavy atom. The monoisotopic (exact) mass is 653 g/mol. The lowest BCUT2D eigenvalue weighted by atomic mass is 9.94. The van der Waals surface area contributed by atoms with Crippen LogP contribution in [0.3, 0.4) is 0 Å². The van der Waals surface area contributed by atoms with Crippen LogP contribution in [-0.2, 0) is 0 Å². The average Bonchev–Trinajstić information content (AvgIpc) is 3.54. The Morgan fingerprint density at radius 2 is 0.800 bits per heavy atom. The summed E-state index contributed by atoms with van der Waals surface area (Å²) in [7, 11) is 0. The Labute approximate surface area is 294 Å². The second-order valence-electron chi connectivity index (χ2n) is 12.9. The van der Waals surface area contributed by atoms with Gasteiger partial charge in [-0.3, -0.25) is 0 Å². The van der Waals surface area contributed by atoms with Crippen LogP contribution in [0.5, 0.6) is 0 Å². The maximum atomic E-state index is 2.48. The number of anilines is 3. The van der Waals surface area contributed by atoms with E-state index in [9.17, 15) is 0 Å². The molecule has 10 rings (SSSR count). The highest BCUT2D eigenvalue weighted by molar-refractivity contribution is 7.25. The molecule has 0 spiro atoms. The third-order valence-electron chi connectivity index (χ3n) is 10.0. The molecule has 0 aliphatic rings. The fourth-order valence-corrected chi connectivity index (χ4v) is 8.86. The SMILES string of the molecule is c1ccc(-c2ccc(N(c3ccc4c(c3)sc3cc5ccccc5cc34)c3ccc(-c4ccccc4)c4ccccc34)c3ccccc23)cc1. The van der Waals surface area contributed by atoms with Crippen molar-refractivity contribution in [2.24, 2.45) is 0 Å². The Balaban J connectivity index is 1.25. The highest BCUT2D eigenvalue weighted by Gasteiger charge is 2.21. The van der Waals surface area contributed by atoms with Crippen LogP contribution in [0.1, 0.15) is 0 Å². The molecule has 10 aromatic rings. The van der Waals surface area contributed by atoms with E-state index in [4.69, 9.17) is 0 Å². The summed E-state index contributed by atoms with van der Waals surface area (Å²) in [6.07, 6.45) is 0. The largest absolute Gasteiger partial charge is 0.309 e. The summed E-state index contributed by atoms with van der Waals surface area (Å²) in [6.45, 7) is 0. The minimum atomic E-state index is 1.14. The van der Waals surface area contributed by atoms with Gasteiger partial charge >= 0.3 is 0 Å². The van der Waals surface area contributed by atoms with E-state index in [1.165, 1.54) is 74.7 Å². The molecule has 0 radical (unpaired) electrons. The Hall–Kier alpha value is -6.22. The molecule has 0 unspecified atom stereocenters. The second-order valence-corrected chi connectivity index (χ2v) is 14.0. The number of thiophene rings is 1. The molecule has 234 valence electrons. The van der Waals surface area contributed by atoms with Crippen molar-refractivity contribution in [1.82, 2.24) is 0 Å². The number of hydrogen-bond acceptors (Lipinski definition) is 2. The van der Waals surface area contributed by atoms with Gasteiger partial charge in [-0.15, -0.1) is 11.3 Å². The van der Waals surface area contributed by atoms with E-state index < -0.39 is 0 Å². The molecule has 0 amide bonds. The zero-order valence-corrected chi connectivity index (χ0v) is 28.1. The van der Waals surface area contributed by atoms with Gasteiger partial charge in [0.1, 0.15) is 0 Å². The smallest absolute Gasteiger partial charge is 0.0540 e. The first-order valence-corrected chi connectivity index (χ1v) is 17.9. The molecule has 0 saturated carbocycles. The van der Waals surface area contributed by atoms with Crippen molar-refractivity contribution in [2.45, 2.75) is 0 Å². The molecule has 0 aliphatic carbocycles. The molecule has 1 aromatic heterocycles. The molecule has 9 aromatic carbocycles. The molecule has 0 saturated heterocycles. The van der Waals surface area contributed by atoms with Crippen LogP contribution in [0.25, 0.3) is 74.7 Å². The van der Waals surface area contributed by atoms with Gasteiger partial charge in [-0.1, -0.05) is 152 Å². The van der Waals surface area contributed by atoms with E-state index >= 15 is 0 Å². The molecule has 0 atom stereocenters. The van der Waals surface area contributed by atoms with Crippen molar-refractivity contribution in [3.8, 4) is 22.3 Å². The average molecular weight is 654 g/mol. The summed E-state index contributed by atoms with van der Waals surface area (Å²) in [4.78, 5) is 2.48. The van der Waals surface area contributed by atoms with Gasteiger partial charge in [0.2, 0.25) is 0 Å². The third kappa shape index (κ3) is 4.69. The fraction of sp³-hybridized carbons (Fsp3) is 0. The first-order valence-electron chi connectivity index (χ1n) is 17.1. The van der Waals surface area contributed by atoms with Crippen molar-refractivity contribution < 1.29 is 0 Å². The van der Waals surface area contributed by atoms with Gasteiger partial charge in [-0.2, -0.15) is 0 Å². The van der Waals surface area contributed by atoms with Crippen LogP contribution in [0, 0.1) is 0 Å². The van der Waals surface area contributed by atoms with Gasteiger partial charge < -0.3 is 4.90 Å². The summed E-state index contributed by atoms with van der Waals surface area (Å²) >= 11 is 1.88. The van der Waals surface area contributed by atoms with Crippen LogP contribution >= 0.6 is 11.3 Å². The second kappa shape index (κ2) is 11.7. The molecule has 1 nitrogen and oxygen atoms in total. The predicted octanol–water partition coefficient (Wildman–Crippen LogP) is 14.3. The number of benzene rings is 9. The van der Waals surface area contributed by atoms with Gasteiger partial charge in [-0.05, 0) is 80.2 Å². The molecule has 0 aliphatic heterocycles. The maximum Gasteiger partial charge on any atom is 0.0540 e. The molecule has 50 heavy (non-hydrogen) atoms. The first kappa shape index (κ1) is 28.8. The van der Waals surface area contributed by atoms with Crippen molar-refractivity contribution in [3.63, 3.8) is 0 Å². The van der Waals surface area contributed by atoms with E-state index in [-0.39, 0.29) is 0 Å². The highest BCUT2D eigenvalue weighted by atomic mass is 32.1. The lowest BCUT2D eigenvalue weighted by Crippen LogP contribution is -2.11. The van der Waals surface area contributed by atoms with Crippen molar-refractivity contribution in [2.75, 3.05) is 4.90 Å². The zero-order valence-electron chi connectivity index (χ0n) is 27.3. The highest BCUT2D eigenvalue weighted by Crippen LogP contribution is 2.47. The number of hydrogen-bond donors (Lipinski definition) is 0. The van der Waals surface area contributed by atoms with E-state index in [1.54, 1.807) is 0 Å². The predicted molar refractivity (Wildman–Crippen MR) is 217 cm³/mol. The van der Waals surface area contributed by atoms with E-state index in [0.717, 1.165) is 17.1 Å². The summed E-state index contributed by atoms with van der Waals surface area (Å²) in [5, 5.41) is 10.1. The molecular formula is C48H31NS. The lowest BCUT2D eigenvalue weighted by molar-refractivity contribution is 1.32. The van der Waals surface area contributed by atoms with Crippen LogP contribution in [0.2, 0.25) is 0 Å². The van der Waals surface area contributed by atoms with Gasteiger partial charge in [0, 0.05) is 36.6 Å². The topological polar surface area (TPSA) is 3.24 Å². The standard InChI is InChI=1S/C48H31NS/c1-3-13-32(14-4-1)37-25-27-45(41-21-11-9-19-39(37)41)49(46-28-26-38(33-15-5-2-6-16-33)40-20-10-12-22-42(40)46)36-23-24-43-44-29-34-17-7-8-18-35(34)30-47(44)50-48(43)31-36/h1-31H. The van der Waals surface area contributed by atoms with Gasteiger partial charge in [0.05, 0.1) is 11.4 Å². The minimum absolute atomic E-state index is 1.14. The summed E-state index contributed by atoms with van der Waals surface area (Å²) in [5.74, 6) is 0. The van der Waals surface area contributed by atoms with E-state index in [2.05, 4.69) is 193 Å².